The minimum absolute atomic E-state index is 0.0114. The molecule has 0 saturated carbocycles. The number of hydrogen-bond donors (Lipinski definition) is 2. The zero-order valence-electron chi connectivity index (χ0n) is 33.5. The molecule has 11 nitrogen and oxygen atoms in total. The molecular formula is C41H57N3O8PS2+. The monoisotopic (exact) mass is 814 g/mol. The van der Waals surface area contributed by atoms with Crippen molar-refractivity contribution < 1.29 is 36.8 Å². The minimum Gasteiger partial charge on any atom is -0.483 e. The van der Waals surface area contributed by atoms with Crippen molar-refractivity contribution >= 4 is 53.2 Å². The second-order valence-electron chi connectivity index (χ2n) is 15.9. The zero-order valence-corrected chi connectivity index (χ0v) is 36.1. The lowest BCUT2D eigenvalue weighted by molar-refractivity contribution is -0.272. The first-order chi connectivity index (χ1) is 25.8. The number of carbonyl (C=O) groups is 2. The summed E-state index contributed by atoms with van der Waals surface area (Å²) in [6.45, 7) is 14.7. The number of benzene rings is 3. The van der Waals surface area contributed by atoms with Gasteiger partial charge in [-0.2, -0.15) is 0 Å². The average Bonchev–Trinajstić information content (AvgIpc) is 3.22. The Morgan fingerprint density at radius 2 is 1.55 bits per heavy atom. The molecule has 55 heavy (non-hydrogen) atoms. The van der Waals surface area contributed by atoms with Crippen LogP contribution in [-0.2, 0) is 33.5 Å². The maximum atomic E-state index is 14.3. The van der Waals surface area contributed by atoms with Gasteiger partial charge in [-0.25, -0.2) is 8.42 Å². The average molecular weight is 815 g/mol. The lowest BCUT2D eigenvalue weighted by atomic mass is 9.81. The van der Waals surface area contributed by atoms with Gasteiger partial charge in [0, 0.05) is 23.7 Å². The number of sulfone groups is 1. The van der Waals surface area contributed by atoms with Crippen LogP contribution < -0.4 is 20.3 Å². The number of amides is 2. The van der Waals surface area contributed by atoms with Crippen LogP contribution in [0.25, 0.3) is 0 Å². The summed E-state index contributed by atoms with van der Waals surface area (Å²) in [5.74, 6) is -1.14. The van der Waals surface area contributed by atoms with Crippen LogP contribution >= 0.6 is 20.2 Å². The Morgan fingerprint density at radius 3 is 2.07 bits per heavy atom. The molecule has 0 bridgehead atoms. The third kappa shape index (κ3) is 11.8. The Morgan fingerprint density at radius 1 is 0.945 bits per heavy atom. The van der Waals surface area contributed by atoms with Gasteiger partial charge >= 0.3 is 14.1 Å². The molecule has 0 aliphatic carbocycles. The van der Waals surface area contributed by atoms with E-state index < -0.39 is 65.0 Å². The quantitative estimate of drug-likeness (QED) is 0.0822. The van der Waals surface area contributed by atoms with Gasteiger partial charge in [-0.1, -0.05) is 79.8 Å². The minimum atomic E-state index is -3.80. The van der Waals surface area contributed by atoms with Crippen molar-refractivity contribution in [2.75, 3.05) is 30.1 Å². The fourth-order valence-electron chi connectivity index (χ4n) is 6.67. The number of hydrogen-bond acceptors (Lipinski definition) is 10. The lowest BCUT2D eigenvalue weighted by Gasteiger charge is -2.36. The summed E-state index contributed by atoms with van der Waals surface area (Å²) >= 11 is 1.38. The molecule has 3 aromatic carbocycles. The number of thioether (sulfide) groups is 1. The van der Waals surface area contributed by atoms with E-state index in [1.165, 1.54) is 17.8 Å². The second-order valence-corrected chi connectivity index (χ2v) is 19.6. The first-order valence-electron chi connectivity index (χ1n) is 18.6. The second kappa shape index (κ2) is 18.2. The first-order valence-corrected chi connectivity index (χ1v) is 22.4. The largest absolute Gasteiger partial charge is 0.483 e. The third-order valence-corrected chi connectivity index (χ3v) is 12.5. The van der Waals surface area contributed by atoms with Crippen molar-refractivity contribution in [1.82, 2.24) is 10.6 Å². The number of nitrogens with one attached hydrogen (secondary N) is 2. The van der Waals surface area contributed by atoms with Gasteiger partial charge in [0.1, 0.15) is 11.8 Å². The van der Waals surface area contributed by atoms with Crippen LogP contribution in [0.1, 0.15) is 92.7 Å². The predicted molar refractivity (Wildman–Crippen MR) is 220 cm³/mol. The van der Waals surface area contributed by atoms with E-state index in [0.29, 0.717) is 29.1 Å². The molecule has 0 aromatic heterocycles. The van der Waals surface area contributed by atoms with Crippen molar-refractivity contribution in [3.63, 3.8) is 0 Å². The molecule has 0 radical (unpaired) electrons. The van der Waals surface area contributed by atoms with Crippen LogP contribution in [0, 0.1) is 5.41 Å². The number of rotatable bonds is 16. The molecule has 2 N–H and O–H groups in total. The van der Waals surface area contributed by atoms with E-state index in [-0.39, 0.29) is 16.4 Å². The highest BCUT2D eigenvalue weighted by Crippen LogP contribution is 2.47. The van der Waals surface area contributed by atoms with E-state index in [0.717, 1.165) is 24.9 Å². The zero-order chi connectivity index (χ0) is 40.7. The van der Waals surface area contributed by atoms with E-state index in [1.54, 1.807) is 71.9 Å². The molecule has 3 atom stereocenters. The molecule has 0 saturated heterocycles. The molecule has 3 aromatic rings. The number of nitrogens with zero attached hydrogens (tertiary/aromatic N) is 1. The number of anilines is 2. The molecule has 1 aliphatic rings. The molecule has 2 amide bonds. The molecule has 300 valence electrons. The summed E-state index contributed by atoms with van der Waals surface area (Å²) < 4.78 is 59.6. The molecule has 4 rings (SSSR count). The highest BCUT2D eigenvalue weighted by atomic mass is 32.2. The van der Waals surface area contributed by atoms with Crippen molar-refractivity contribution in [1.29, 1.82) is 0 Å². The lowest BCUT2D eigenvalue weighted by Crippen LogP contribution is -2.57. The van der Waals surface area contributed by atoms with Crippen LogP contribution in [0.3, 0.4) is 0 Å². The Balaban J connectivity index is 1.67. The van der Waals surface area contributed by atoms with Crippen LogP contribution in [0.5, 0.6) is 5.75 Å². The number of ether oxygens (including phenoxy) is 3. The van der Waals surface area contributed by atoms with Gasteiger partial charge in [-0.05, 0) is 84.4 Å². The Hall–Kier alpha value is -3.48. The maximum Gasteiger partial charge on any atom is 0.462 e. The number of fused-ring (bicyclic) bond motifs is 1. The van der Waals surface area contributed by atoms with Gasteiger partial charge in [-0.15, -0.1) is 11.8 Å². The topological polar surface area (TPSA) is 140 Å². The third-order valence-electron chi connectivity index (χ3n) is 9.12. The smallest absolute Gasteiger partial charge is 0.462 e. The number of carbonyl (C=O) groups excluding carboxylic acids is 2. The molecule has 0 fully saturated rings. The standard InChI is InChI=1S/C41H56N3O8PS2/c1-10-12-23-40(11-2)27-44(30-21-17-14-18-22-30)31-24-33(54-9)32(25-34(31)55(48,49)28-40)50-26-35(45)42-36(29-19-15-13-16-20-29)37(46)43-41(53-47,51-38(3,4)5)52-39(6,7)8/h13-22,24-25,36H,10-12,23,26-28H2,1-9H3,(H,42,45)(H,43,46)/p+1/t36-,40?/m1/s1. The van der Waals surface area contributed by atoms with Gasteiger partial charge < -0.3 is 15.0 Å². The van der Waals surface area contributed by atoms with Gasteiger partial charge in [0.15, 0.2) is 16.4 Å². The maximum absolute atomic E-state index is 14.3. The van der Waals surface area contributed by atoms with Crippen molar-refractivity contribution in [3.8, 4) is 5.75 Å². The Bertz CT molecular complexity index is 1880. The van der Waals surface area contributed by atoms with Crippen LogP contribution in [0.15, 0.2) is 82.6 Å². The summed E-state index contributed by atoms with van der Waals surface area (Å²) in [5.41, 5.74) is -2.30. The SMILES string of the molecule is CCCCC1(CC)CN(c2ccccc2)c2cc(SC)c(OCC(=O)N[C@@H](C(=O)NC(OC(C)(C)C)(OC(C)(C)C)[PH+]=O)c3ccccc3)cc2S(=O)(=O)C1. The molecule has 0 spiro atoms. The number of unbranched alkanes of at least 4 members (excludes halogenated alkanes) is 1. The first kappa shape index (κ1) is 44.2. The molecule has 1 aliphatic heterocycles. The predicted octanol–water partition coefficient (Wildman–Crippen LogP) is 8.54. The summed E-state index contributed by atoms with van der Waals surface area (Å²) in [7, 11) is -5.05. The van der Waals surface area contributed by atoms with Crippen LogP contribution in [0.4, 0.5) is 11.4 Å². The molecule has 14 heteroatoms. The van der Waals surface area contributed by atoms with E-state index in [2.05, 4.69) is 29.4 Å². The highest BCUT2D eigenvalue weighted by Gasteiger charge is 2.51. The summed E-state index contributed by atoms with van der Waals surface area (Å²) in [6, 6.07) is 20.5. The van der Waals surface area contributed by atoms with Crippen molar-refractivity contribution in [3.05, 3.63) is 78.4 Å². The van der Waals surface area contributed by atoms with Crippen LogP contribution in [-0.4, -0.2) is 62.2 Å². The van der Waals surface area contributed by atoms with Crippen molar-refractivity contribution in [2.45, 2.75) is 114 Å². The van der Waals surface area contributed by atoms with Gasteiger partial charge in [0.05, 0.1) is 32.4 Å². The van der Waals surface area contributed by atoms with Gasteiger partial charge in [-0.3, -0.25) is 24.4 Å². The normalized spacial score (nSPS) is 17.9. The fraction of sp³-hybridized carbons (Fsp3) is 0.512. The van der Waals surface area contributed by atoms with E-state index in [9.17, 15) is 22.6 Å². The Kier molecular flexibility index (Phi) is 14.6. The highest BCUT2D eigenvalue weighted by molar-refractivity contribution is 7.98. The summed E-state index contributed by atoms with van der Waals surface area (Å²) in [4.78, 5) is 30.6. The summed E-state index contributed by atoms with van der Waals surface area (Å²) in [5, 5.41) is 5.42. The fourth-order valence-corrected chi connectivity index (χ4v) is 10.3. The van der Waals surface area contributed by atoms with Gasteiger partial charge in [0.2, 0.25) is 0 Å². The van der Waals surface area contributed by atoms with Crippen molar-refractivity contribution in [2.24, 2.45) is 5.41 Å². The van der Waals surface area contributed by atoms with Crippen LogP contribution in [0.2, 0.25) is 0 Å². The van der Waals surface area contributed by atoms with E-state index in [4.69, 9.17) is 14.2 Å². The van der Waals surface area contributed by atoms with E-state index in [1.807, 2.05) is 42.7 Å². The number of para-hydroxylation sites is 1. The summed E-state index contributed by atoms with van der Waals surface area (Å²) in [6.07, 6.45) is 5.20. The molecular weight excluding hydrogens is 758 g/mol. The van der Waals surface area contributed by atoms with Gasteiger partial charge in [0.25, 0.3) is 11.8 Å². The molecule has 1 heterocycles. The molecule has 2 unspecified atom stereocenters. The Labute approximate surface area is 332 Å². The van der Waals surface area contributed by atoms with E-state index >= 15 is 0 Å².